The van der Waals surface area contributed by atoms with Crippen LogP contribution in [0.1, 0.15) is 16.4 Å². The number of rotatable bonds is 6. The van der Waals surface area contributed by atoms with E-state index in [-0.39, 0.29) is 16.8 Å². The second-order valence-electron chi connectivity index (χ2n) is 5.82. The van der Waals surface area contributed by atoms with Crippen LogP contribution in [0.25, 0.3) is 0 Å². The van der Waals surface area contributed by atoms with Crippen molar-refractivity contribution in [2.24, 2.45) is 0 Å². The highest BCUT2D eigenvalue weighted by molar-refractivity contribution is 8.13. The first-order chi connectivity index (χ1) is 12.9. The van der Waals surface area contributed by atoms with E-state index in [1.54, 1.807) is 42.9 Å². The quantitative estimate of drug-likeness (QED) is 0.409. The first-order valence-electron chi connectivity index (χ1n) is 7.96. The second-order valence-corrected chi connectivity index (χ2v) is 8.76. The van der Waals surface area contributed by atoms with Crippen LogP contribution in [0.5, 0.6) is 0 Å². The van der Waals surface area contributed by atoms with Crippen LogP contribution in [-0.4, -0.2) is 14.7 Å². The molecular weight excluding hydrogens is 446 g/mol. The smallest absolute Gasteiger partial charge is 0.194 e. The van der Waals surface area contributed by atoms with Gasteiger partial charge in [-0.1, -0.05) is 70.3 Å². The Morgan fingerprint density at radius 3 is 2.37 bits per heavy atom. The van der Waals surface area contributed by atoms with Crippen molar-refractivity contribution >= 4 is 63.3 Å². The molecule has 1 atom stereocenters. The SMILES string of the molecule is O=C(Cc1ccc(Cl)cc1Cl)SC(Cn1ccnc1)c1ccc(Cl)cc1Cl. The molecule has 8 heteroatoms. The van der Waals surface area contributed by atoms with Crippen molar-refractivity contribution in [3.63, 3.8) is 0 Å². The molecule has 0 N–H and O–H groups in total. The van der Waals surface area contributed by atoms with E-state index >= 15 is 0 Å². The fourth-order valence-corrected chi connectivity index (χ4v) is 4.78. The fraction of sp³-hybridized carbons (Fsp3) is 0.158. The van der Waals surface area contributed by atoms with Gasteiger partial charge < -0.3 is 4.57 Å². The van der Waals surface area contributed by atoms with Gasteiger partial charge in [0.2, 0.25) is 0 Å². The molecule has 0 aliphatic heterocycles. The predicted molar refractivity (Wildman–Crippen MR) is 114 cm³/mol. The van der Waals surface area contributed by atoms with Gasteiger partial charge in [0, 0.05) is 45.4 Å². The van der Waals surface area contributed by atoms with E-state index in [1.807, 2.05) is 16.8 Å². The Kier molecular flexibility index (Phi) is 7.12. The summed E-state index contributed by atoms with van der Waals surface area (Å²) in [5, 5.41) is 1.88. The predicted octanol–water partition coefficient (Wildman–Crippen LogP) is 6.74. The highest BCUT2D eigenvalue weighted by atomic mass is 35.5. The van der Waals surface area contributed by atoms with E-state index in [1.165, 1.54) is 11.8 Å². The molecule has 0 saturated heterocycles. The lowest BCUT2D eigenvalue weighted by Gasteiger charge is -2.18. The van der Waals surface area contributed by atoms with E-state index in [0.717, 1.165) is 11.1 Å². The minimum Gasteiger partial charge on any atom is -0.336 e. The normalized spacial score (nSPS) is 12.1. The van der Waals surface area contributed by atoms with Crippen LogP contribution in [-0.2, 0) is 17.8 Å². The molecule has 3 aromatic rings. The van der Waals surface area contributed by atoms with Crippen molar-refractivity contribution < 1.29 is 4.79 Å². The van der Waals surface area contributed by atoms with E-state index in [2.05, 4.69) is 4.98 Å². The third-order valence-electron chi connectivity index (χ3n) is 3.87. The van der Waals surface area contributed by atoms with Crippen molar-refractivity contribution in [1.82, 2.24) is 9.55 Å². The van der Waals surface area contributed by atoms with Crippen molar-refractivity contribution in [2.75, 3.05) is 0 Å². The molecule has 0 bridgehead atoms. The molecular formula is C19H14Cl4N2OS. The van der Waals surface area contributed by atoms with Crippen LogP contribution in [0.15, 0.2) is 55.1 Å². The fourth-order valence-electron chi connectivity index (χ4n) is 2.57. The van der Waals surface area contributed by atoms with Crippen LogP contribution in [0, 0.1) is 0 Å². The van der Waals surface area contributed by atoms with Gasteiger partial charge in [0.05, 0.1) is 11.6 Å². The Morgan fingerprint density at radius 1 is 1.04 bits per heavy atom. The van der Waals surface area contributed by atoms with Crippen LogP contribution in [0.2, 0.25) is 20.1 Å². The van der Waals surface area contributed by atoms with Crippen LogP contribution >= 0.6 is 58.2 Å². The summed E-state index contributed by atoms with van der Waals surface area (Å²) in [7, 11) is 0. The molecule has 1 unspecified atom stereocenters. The lowest BCUT2D eigenvalue weighted by molar-refractivity contribution is -0.110. The lowest BCUT2D eigenvalue weighted by Crippen LogP contribution is -2.10. The van der Waals surface area contributed by atoms with Crippen molar-refractivity contribution in [2.45, 2.75) is 18.2 Å². The maximum atomic E-state index is 12.7. The molecule has 0 aliphatic rings. The zero-order valence-corrected chi connectivity index (χ0v) is 17.8. The minimum absolute atomic E-state index is 0.0182. The molecule has 2 aromatic carbocycles. The molecule has 0 aliphatic carbocycles. The van der Waals surface area contributed by atoms with E-state index in [0.29, 0.717) is 26.6 Å². The monoisotopic (exact) mass is 458 g/mol. The summed E-state index contributed by atoms with van der Waals surface area (Å²) in [5.74, 6) is 0. The molecule has 27 heavy (non-hydrogen) atoms. The van der Waals surface area contributed by atoms with Crippen molar-refractivity contribution in [1.29, 1.82) is 0 Å². The van der Waals surface area contributed by atoms with E-state index in [9.17, 15) is 4.79 Å². The molecule has 0 fully saturated rings. The summed E-state index contributed by atoms with van der Waals surface area (Å²) >= 11 is 25.7. The molecule has 3 nitrogen and oxygen atoms in total. The molecule has 140 valence electrons. The van der Waals surface area contributed by atoms with Gasteiger partial charge in [0.1, 0.15) is 0 Å². The zero-order chi connectivity index (χ0) is 19.4. The van der Waals surface area contributed by atoms with Crippen molar-refractivity contribution in [3.8, 4) is 0 Å². The summed E-state index contributed by atoms with van der Waals surface area (Å²) in [6.07, 6.45) is 5.45. The molecule has 0 radical (unpaired) electrons. The van der Waals surface area contributed by atoms with Crippen molar-refractivity contribution in [3.05, 3.63) is 86.3 Å². The lowest BCUT2D eigenvalue weighted by atomic mass is 10.1. The topological polar surface area (TPSA) is 34.9 Å². The number of nitrogens with zero attached hydrogens (tertiary/aromatic N) is 2. The Hall–Kier alpha value is -1.17. The molecule has 0 saturated carbocycles. The summed E-state index contributed by atoms with van der Waals surface area (Å²) in [6, 6.07) is 10.4. The number of halogens is 4. The van der Waals surface area contributed by atoms with Gasteiger partial charge in [-0.15, -0.1) is 0 Å². The number of hydrogen-bond donors (Lipinski definition) is 0. The number of hydrogen-bond acceptors (Lipinski definition) is 3. The summed E-state index contributed by atoms with van der Waals surface area (Å²) in [6.45, 7) is 0.548. The van der Waals surface area contributed by atoms with Gasteiger partial charge in [0.15, 0.2) is 5.12 Å². The number of carbonyl (C=O) groups is 1. The average Bonchev–Trinajstić information content (AvgIpc) is 3.10. The summed E-state index contributed by atoms with van der Waals surface area (Å²) < 4.78 is 1.91. The highest BCUT2D eigenvalue weighted by Crippen LogP contribution is 2.37. The van der Waals surface area contributed by atoms with Gasteiger partial charge in [0.25, 0.3) is 0 Å². The summed E-state index contributed by atoms with van der Waals surface area (Å²) in [5.41, 5.74) is 1.58. The molecule has 0 spiro atoms. The number of benzene rings is 2. The van der Waals surface area contributed by atoms with Crippen LogP contribution < -0.4 is 0 Å². The highest BCUT2D eigenvalue weighted by Gasteiger charge is 2.21. The maximum Gasteiger partial charge on any atom is 0.194 e. The van der Waals surface area contributed by atoms with Gasteiger partial charge in [-0.3, -0.25) is 4.79 Å². The van der Waals surface area contributed by atoms with Gasteiger partial charge in [-0.2, -0.15) is 0 Å². The van der Waals surface area contributed by atoms with Gasteiger partial charge in [-0.05, 0) is 35.4 Å². The first-order valence-corrected chi connectivity index (χ1v) is 10.4. The van der Waals surface area contributed by atoms with Crippen LogP contribution in [0.4, 0.5) is 0 Å². The largest absolute Gasteiger partial charge is 0.336 e. The molecule has 1 aromatic heterocycles. The Balaban J connectivity index is 1.81. The molecule has 0 amide bonds. The van der Waals surface area contributed by atoms with E-state index in [4.69, 9.17) is 46.4 Å². The van der Waals surface area contributed by atoms with Gasteiger partial charge >= 0.3 is 0 Å². The average molecular weight is 460 g/mol. The first kappa shape index (κ1) is 20.6. The zero-order valence-electron chi connectivity index (χ0n) is 13.9. The third-order valence-corrected chi connectivity index (χ3v) is 6.11. The Morgan fingerprint density at radius 2 is 1.74 bits per heavy atom. The van der Waals surface area contributed by atoms with Gasteiger partial charge in [-0.25, -0.2) is 4.98 Å². The second kappa shape index (κ2) is 9.35. The van der Waals surface area contributed by atoms with E-state index < -0.39 is 0 Å². The number of carbonyl (C=O) groups excluding carboxylic acids is 1. The third kappa shape index (κ3) is 5.66. The Bertz CT molecular complexity index is 947. The van der Waals surface area contributed by atoms with Crippen LogP contribution in [0.3, 0.4) is 0 Å². The molecule has 3 rings (SSSR count). The standard InChI is InChI=1S/C19H14Cl4N2OS/c20-13-2-1-12(16(22)8-13)7-19(26)27-18(10-25-6-5-24-11-25)15-4-3-14(21)9-17(15)23/h1-6,8-9,11,18H,7,10H2. The number of thioether (sulfide) groups is 1. The maximum absolute atomic E-state index is 12.7. The minimum atomic E-state index is -0.192. The number of aromatic nitrogens is 2. The summed E-state index contributed by atoms with van der Waals surface area (Å²) in [4.78, 5) is 16.8. The number of imidazole rings is 1. The molecule has 1 heterocycles. The Labute approximate surface area is 181 Å².